The third kappa shape index (κ3) is 5.79. The van der Waals surface area contributed by atoms with Crippen LogP contribution in [0.2, 0.25) is 0 Å². The highest BCUT2D eigenvalue weighted by Gasteiger charge is 2.14. The van der Waals surface area contributed by atoms with Gasteiger partial charge in [0.2, 0.25) is 0 Å². The number of carbonyl (C=O) groups is 1. The van der Waals surface area contributed by atoms with Crippen LogP contribution in [0.25, 0.3) is 22.3 Å². The maximum absolute atomic E-state index is 13.4. The Morgan fingerprint density at radius 2 is 1.73 bits per heavy atom. The van der Waals surface area contributed by atoms with E-state index in [1.54, 1.807) is 36.5 Å². The van der Waals surface area contributed by atoms with Crippen LogP contribution < -0.4 is 20.3 Å². The normalized spacial score (nSPS) is 11.1. The molecule has 0 atom stereocenters. The van der Waals surface area contributed by atoms with Crippen molar-refractivity contribution in [2.45, 2.75) is 6.92 Å². The van der Waals surface area contributed by atoms with E-state index in [4.69, 9.17) is 14.5 Å². The Morgan fingerprint density at radius 1 is 1.00 bits per heavy atom. The van der Waals surface area contributed by atoms with Gasteiger partial charge in [0.05, 0.1) is 24.2 Å². The number of rotatable bonds is 8. The predicted octanol–water partition coefficient (Wildman–Crippen LogP) is 6.04. The number of ether oxygens (including phenoxy) is 2. The van der Waals surface area contributed by atoms with Gasteiger partial charge in [0.1, 0.15) is 0 Å². The molecule has 0 aliphatic rings. The van der Waals surface area contributed by atoms with Crippen molar-refractivity contribution in [1.82, 2.24) is 9.66 Å². The molecular formula is C31H25BrN4O4. The quantitative estimate of drug-likeness (QED) is 0.220. The molecule has 8 nitrogen and oxygen atoms in total. The fourth-order valence-electron chi connectivity index (χ4n) is 4.09. The van der Waals surface area contributed by atoms with Crippen LogP contribution in [0, 0.1) is 6.92 Å². The van der Waals surface area contributed by atoms with Crippen molar-refractivity contribution in [1.29, 1.82) is 0 Å². The molecule has 40 heavy (non-hydrogen) atoms. The second kappa shape index (κ2) is 12.0. The summed E-state index contributed by atoms with van der Waals surface area (Å²) in [5.74, 6) is 0.902. The minimum absolute atomic E-state index is 0.205. The van der Waals surface area contributed by atoms with Crippen molar-refractivity contribution < 1.29 is 14.3 Å². The molecule has 5 aromatic rings. The van der Waals surface area contributed by atoms with Gasteiger partial charge >= 0.3 is 0 Å². The zero-order valence-electron chi connectivity index (χ0n) is 21.8. The molecule has 0 radical (unpaired) electrons. The second-order valence-electron chi connectivity index (χ2n) is 8.86. The number of hydrogen-bond acceptors (Lipinski definition) is 6. The minimum Gasteiger partial charge on any atom is -0.493 e. The molecule has 1 N–H and O–H groups in total. The first kappa shape index (κ1) is 26.8. The number of nitrogens with zero attached hydrogens (tertiary/aromatic N) is 3. The smallest absolute Gasteiger partial charge is 0.282 e. The van der Waals surface area contributed by atoms with Gasteiger partial charge in [0.25, 0.3) is 11.5 Å². The van der Waals surface area contributed by atoms with Gasteiger partial charge in [0, 0.05) is 21.3 Å². The van der Waals surface area contributed by atoms with E-state index in [2.05, 4.69) is 26.3 Å². The van der Waals surface area contributed by atoms with Gasteiger partial charge in [-0.05, 0) is 58.7 Å². The maximum atomic E-state index is 13.4. The van der Waals surface area contributed by atoms with E-state index < -0.39 is 0 Å². The summed E-state index contributed by atoms with van der Waals surface area (Å²) in [5.41, 5.74) is 3.37. The summed E-state index contributed by atoms with van der Waals surface area (Å²) in [6, 6.07) is 27.5. The van der Waals surface area contributed by atoms with E-state index in [-0.39, 0.29) is 18.1 Å². The summed E-state index contributed by atoms with van der Waals surface area (Å²) in [5, 5.41) is 7.83. The third-order valence-corrected chi connectivity index (χ3v) is 6.85. The van der Waals surface area contributed by atoms with Gasteiger partial charge in [-0.1, -0.05) is 60.7 Å². The highest BCUT2D eigenvalue weighted by atomic mass is 79.9. The molecule has 0 aliphatic carbocycles. The summed E-state index contributed by atoms with van der Waals surface area (Å²) in [7, 11) is 1.51. The van der Waals surface area contributed by atoms with Crippen LogP contribution in [0.1, 0.15) is 11.1 Å². The molecule has 5 rings (SSSR count). The number of fused-ring (bicyclic) bond motifs is 1. The Morgan fingerprint density at radius 3 is 2.50 bits per heavy atom. The number of hydrogen-bond donors (Lipinski definition) is 1. The average Bonchev–Trinajstić information content (AvgIpc) is 2.98. The largest absolute Gasteiger partial charge is 0.493 e. The van der Waals surface area contributed by atoms with Gasteiger partial charge in [0.15, 0.2) is 23.9 Å². The predicted molar refractivity (Wildman–Crippen MR) is 160 cm³/mol. The van der Waals surface area contributed by atoms with Crippen molar-refractivity contribution in [3.63, 3.8) is 0 Å². The highest BCUT2D eigenvalue weighted by molar-refractivity contribution is 9.10. The molecule has 0 spiro atoms. The molecule has 1 aromatic heterocycles. The summed E-state index contributed by atoms with van der Waals surface area (Å²) >= 11 is 3.55. The lowest BCUT2D eigenvalue weighted by Crippen LogP contribution is -2.21. The standard InChI is InChI=1S/C31H25BrN4O4/c1-20-10-6-8-14-25(20)34-29(37)19-40-28-17-24(32)22(16-27(28)39-2)18-33-36-30(21-11-4-3-5-12-21)35-26-15-9-7-13-23(26)31(36)38/h3-18H,19H2,1-2H3,(H,34,37). The molecule has 1 amide bonds. The molecule has 0 unspecified atom stereocenters. The van der Waals surface area contributed by atoms with Crippen LogP contribution in [-0.4, -0.2) is 35.5 Å². The van der Waals surface area contributed by atoms with Gasteiger partial charge in [-0.25, -0.2) is 4.98 Å². The molecular weight excluding hydrogens is 572 g/mol. The molecule has 0 fully saturated rings. The van der Waals surface area contributed by atoms with Crippen LogP contribution in [-0.2, 0) is 4.79 Å². The van der Waals surface area contributed by atoms with Crippen molar-refractivity contribution in [2.24, 2.45) is 5.10 Å². The lowest BCUT2D eigenvalue weighted by molar-refractivity contribution is -0.118. The van der Waals surface area contributed by atoms with Crippen molar-refractivity contribution in [2.75, 3.05) is 19.0 Å². The minimum atomic E-state index is -0.297. The molecule has 0 saturated heterocycles. The van der Waals surface area contributed by atoms with Crippen molar-refractivity contribution >= 4 is 44.6 Å². The number of anilines is 1. The van der Waals surface area contributed by atoms with E-state index in [0.717, 1.165) is 16.8 Å². The fourth-order valence-corrected chi connectivity index (χ4v) is 4.51. The first-order chi connectivity index (χ1) is 19.4. The van der Waals surface area contributed by atoms with Gasteiger partial charge in [-0.15, -0.1) is 0 Å². The maximum Gasteiger partial charge on any atom is 0.282 e. The van der Waals surface area contributed by atoms with Crippen LogP contribution in [0.5, 0.6) is 11.5 Å². The summed E-state index contributed by atoms with van der Waals surface area (Å²) in [6.07, 6.45) is 1.55. The van der Waals surface area contributed by atoms with E-state index in [1.165, 1.54) is 11.8 Å². The molecule has 0 bridgehead atoms. The van der Waals surface area contributed by atoms with Gasteiger partial charge in [-0.3, -0.25) is 9.59 Å². The lowest BCUT2D eigenvalue weighted by Gasteiger charge is -2.13. The number of methoxy groups -OCH3 is 1. The Labute approximate surface area is 239 Å². The second-order valence-corrected chi connectivity index (χ2v) is 9.71. The number of halogens is 1. The Bertz CT molecular complexity index is 1780. The molecule has 4 aromatic carbocycles. The van der Waals surface area contributed by atoms with E-state index in [0.29, 0.717) is 38.3 Å². The number of benzene rings is 4. The van der Waals surface area contributed by atoms with Crippen LogP contribution in [0.4, 0.5) is 5.69 Å². The lowest BCUT2D eigenvalue weighted by atomic mass is 10.2. The zero-order chi connectivity index (χ0) is 28.1. The number of carbonyl (C=O) groups excluding carboxylic acids is 1. The highest BCUT2D eigenvalue weighted by Crippen LogP contribution is 2.33. The third-order valence-electron chi connectivity index (χ3n) is 6.16. The van der Waals surface area contributed by atoms with Crippen LogP contribution >= 0.6 is 15.9 Å². The summed E-state index contributed by atoms with van der Waals surface area (Å²) < 4.78 is 13.2. The van der Waals surface area contributed by atoms with Crippen molar-refractivity contribution in [3.05, 3.63) is 117 Å². The SMILES string of the molecule is COc1cc(C=Nn2c(-c3ccccc3)nc3ccccc3c2=O)c(Br)cc1OCC(=O)Nc1ccccc1C. The average molecular weight is 597 g/mol. The fraction of sp³-hybridized carbons (Fsp3) is 0.0968. The Hall–Kier alpha value is -4.76. The number of para-hydroxylation sites is 2. The van der Waals surface area contributed by atoms with E-state index in [9.17, 15) is 9.59 Å². The Balaban J connectivity index is 1.43. The van der Waals surface area contributed by atoms with Crippen LogP contribution in [0.3, 0.4) is 0 Å². The number of aromatic nitrogens is 2. The summed E-state index contributed by atoms with van der Waals surface area (Å²) in [4.78, 5) is 30.6. The Kier molecular flexibility index (Phi) is 8.02. The number of amides is 1. The summed E-state index contributed by atoms with van der Waals surface area (Å²) in [6.45, 7) is 1.71. The molecule has 200 valence electrons. The first-order valence-corrected chi connectivity index (χ1v) is 13.2. The number of aryl methyl sites for hydroxylation is 1. The molecule has 9 heteroatoms. The van der Waals surface area contributed by atoms with Crippen LogP contribution in [0.15, 0.2) is 105 Å². The van der Waals surface area contributed by atoms with E-state index >= 15 is 0 Å². The van der Waals surface area contributed by atoms with Gasteiger partial charge < -0.3 is 14.8 Å². The molecule has 1 heterocycles. The molecule has 0 saturated carbocycles. The first-order valence-electron chi connectivity index (χ1n) is 12.4. The molecule has 0 aliphatic heterocycles. The monoisotopic (exact) mass is 596 g/mol. The van der Waals surface area contributed by atoms with E-state index in [1.807, 2.05) is 67.6 Å². The van der Waals surface area contributed by atoms with Gasteiger partial charge in [-0.2, -0.15) is 9.78 Å². The number of nitrogens with one attached hydrogen (secondary N) is 1. The van der Waals surface area contributed by atoms with Crippen molar-refractivity contribution in [3.8, 4) is 22.9 Å². The zero-order valence-corrected chi connectivity index (χ0v) is 23.4. The topological polar surface area (TPSA) is 94.8 Å².